The van der Waals surface area contributed by atoms with E-state index in [1.807, 2.05) is 38.1 Å². The van der Waals surface area contributed by atoms with E-state index in [0.717, 1.165) is 28.0 Å². The van der Waals surface area contributed by atoms with Crippen LogP contribution in [0, 0.1) is 17.8 Å². The first-order chi connectivity index (χ1) is 14.1. The predicted molar refractivity (Wildman–Crippen MR) is 120 cm³/mol. The van der Waals surface area contributed by atoms with Crippen LogP contribution >= 0.6 is 0 Å². The summed E-state index contributed by atoms with van der Waals surface area (Å²) in [5, 5.41) is 11.1. The molecule has 4 rings (SSSR count). The molecule has 2 aromatic carbocycles. The molecule has 0 aliphatic carbocycles. The van der Waals surface area contributed by atoms with Gasteiger partial charge in [-0.25, -0.2) is 4.99 Å². The maximum absolute atomic E-state index is 11.1. The second-order valence-corrected chi connectivity index (χ2v) is 9.13. The van der Waals surface area contributed by atoms with Crippen molar-refractivity contribution in [2.75, 3.05) is 7.05 Å². The van der Waals surface area contributed by atoms with Crippen molar-refractivity contribution < 1.29 is 9.84 Å². The Hall–Kier alpha value is -2.97. The summed E-state index contributed by atoms with van der Waals surface area (Å²) in [6.07, 6.45) is -0.319. The number of likely N-dealkylation sites (N-methyl/N-ethyl adjacent to an activating group) is 1. The lowest BCUT2D eigenvalue weighted by Crippen LogP contribution is -2.51. The number of aliphatic imine (C=N–C) groups is 1. The molecule has 1 spiro atoms. The van der Waals surface area contributed by atoms with Gasteiger partial charge in [-0.3, -0.25) is 0 Å². The van der Waals surface area contributed by atoms with E-state index in [4.69, 9.17) is 15.5 Å². The third-order valence-electron chi connectivity index (χ3n) is 5.70. The molecular weight excluding hydrogens is 374 g/mol. The van der Waals surface area contributed by atoms with E-state index in [9.17, 15) is 5.11 Å². The highest BCUT2D eigenvalue weighted by Crippen LogP contribution is 2.51. The Kier molecular flexibility index (Phi) is 4.79. The predicted octanol–water partition coefficient (Wildman–Crippen LogP) is 3.70. The number of hydrogen-bond donors (Lipinski definition) is 2. The fourth-order valence-electron chi connectivity index (χ4n) is 4.34. The van der Waals surface area contributed by atoms with Gasteiger partial charge in [0.05, 0.1) is 0 Å². The van der Waals surface area contributed by atoms with Crippen LogP contribution in [0.5, 0.6) is 5.75 Å². The van der Waals surface area contributed by atoms with E-state index in [2.05, 4.69) is 43.9 Å². The smallest absolute Gasteiger partial charge is 0.194 e. The molecule has 2 heterocycles. The molecule has 2 aromatic rings. The van der Waals surface area contributed by atoms with Gasteiger partial charge in [0.1, 0.15) is 16.9 Å². The van der Waals surface area contributed by atoms with Gasteiger partial charge >= 0.3 is 0 Å². The zero-order valence-corrected chi connectivity index (χ0v) is 18.2. The van der Waals surface area contributed by atoms with Crippen LogP contribution in [0.4, 0.5) is 0 Å². The first kappa shape index (κ1) is 20.3. The fraction of sp³-hybridized carbons (Fsp3) is 0.400. The lowest BCUT2D eigenvalue weighted by atomic mass is 9.76. The van der Waals surface area contributed by atoms with Crippen LogP contribution in [-0.4, -0.2) is 34.8 Å². The monoisotopic (exact) mass is 403 g/mol. The molecule has 5 nitrogen and oxygen atoms in total. The molecule has 0 saturated carbocycles. The summed E-state index contributed by atoms with van der Waals surface area (Å²) in [7, 11) is 1.76. The van der Waals surface area contributed by atoms with Crippen LogP contribution in [0.25, 0.3) is 11.1 Å². The van der Waals surface area contributed by atoms with Gasteiger partial charge in [-0.15, -0.1) is 0 Å². The van der Waals surface area contributed by atoms with Crippen molar-refractivity contribution in [3.8, 4) is 28.7 Å². The minimum atomic E-state index is -0.860. The SMILES string of the molecule is CC(C)C#Cc1cccc(-c2ccc3c(c2)C2(CC(C)(C)O3)N=C(N)N(C)C2O)c1. The first-order valence-electron chi connectivity index (χ1n) is 10.3. The van der Waals surface area contributed by atoms with Crippen molar-refractivity contribution in [1.29, 1.82) is 0 Å². The highest BCUT2D eigenvalue weighted by atomic mass is 16.5. The maximum atomic E-state index is 11.1. The molecule has 0 saturated heterocycles. The highest BCUT2D eigenvalue weighted by molar-refractivity contribution is 5.82. The Labute approximate surface area is 178 Å². The summed E-state index contributed by atoms with van der Waals surface area (Å²) in [6, 6.07) is 14.3. The number of aliphatic hydroxyl groups is 1. The van der Waals surface area contributed by atoms with Gasteiger partial charge in [0, 0.05) is 30.5 Å². The molecule has 2 aliphatic rings. The van der Waals surface area contributed by atoms with E-state index < -0.39 is 17.4 Å². The van der Waals surface area contributed by atoms with Crippen molar-refractivity contribution in [3.63, 3.8) is 0 Å². The molecule has 0 fully saturated rings. The molecular formula is C25H29N3O2. The van der Waals surface area contributed by atoms with E-state index in [1.165, 1.54) is 0 Å². The van der Waals surface area contributed by atoms with Gasteiger partial charge in [-0.1, -0.05) is 43.9 Å². The molecule has 156 valence electrons. The number of aliphatic hydroxyl groups excluding tert-OH is 1. The van der Waals surface area contributed by atoms with Crippen LogP contribution in [0.15, 0.2) is 47.5 Å². The average molecular weight is 404 g/mol. The van der Waals surface area contributed by atoms with Crippen LogP contribution in [0.3, 0.4) is 0 Å². The molecule has 30 heavy (non-hydrogen) atoms. The molecule has 2 atom stereocenters. The molecule has 0 radical (unpaired) electrons. The number of benzene rings is 2. The standard InChI is InChI=1S/C25H29N3O2/c1-16(2)9-10-17-7-6-8-18(13-17)19-11-12-21-20(14-19)25(15-24(3,4)30-21)22(29)28(5)23(26)27-25/h6-8,11-14,16,22,29H,15H2,1-5H3,(H2,26,27). The summed E-state index contributed by atoms with van der Waals surface area (Å²) in [6.45, 7) is 8.19. The van der Waals surface area contributed by atoms with Crippen LogP contribution in [-0.2, 0) is 5.54 Å². The minimum Gasteiger partial charge on any atom is -0.487 e. The quantitative estimate of drug-likeness (QED) is 0.713. The van der Waals surface area contributed by atoms with Gasteiger partial charge in [0.2, 0.25) is 0 Å². The summed E-state index contributed by atoms with van der Waals surface area (Å²) in [4.78, 5) is 6.37. The summed E-state index contributed by atoms with van der Waals surface area (Å²) in [5.41, 5.74) is 8.70. The van der Waals surface area contributed by atoms with Crippen LogP contribution < -0.4 is 10.5 Å². The molecule has 2 unspecified atom stereocenters. The molecule has 3 N–H and O–H groups in total. The van der Waals surface area contributed by atoms with Gasteiger partial charge in [-0.05, 0) is 49.2 Å². The Morgan fingerprint density at radius 3 is 2.60 bits per heavy atom. The number of guanidine groups is 1. The number of nitrogens with two attached hydrogens (primary N) is 1. The lowest BCUT2D eigenvalue weighted by Gasteiger charge is -2.44. The van der Waals surface area contributed by atoms with Crippen molar-refractivity contribution in [2.24, 2.45) is 16.6 Å². The van der Waals surface area contributed by atoms with Gasteiger partial charge in [-0.2, -0.15) is 0 Å². The minimum absolute atomic E-state index is 0.321. The Bertz CT molecular complexity index is 1080. The first-order valence-corrected chi connectivity index (χ1v) is 10.3. The van der Waals surface area contributed by atoms with Gasteiger partial charge in [0.25, 0.3) is 0 Å². The third kappa shape index (κ3) is 3.42. The van der Waals surface area contributed by atoms with Crippen LogP contribution in [0.2, 0.25) is 0 Å². The molecule has 0 bridgehead atoms. The Morgan fingerprint density at radius 1 is 1.20 bits per heavy atom. The zero-order chi connectivity index (χ0) is 21.7. The normalized spacial score (nSPS) is 24.2. The van der Waals surface area contributed by atoms with Crippen molar-refractivity contribution in [3.05, 3.63) is 53.6 Å². The summed E-state index contributed by atoms with van der Waals surface area (Å²) >= 11 is 0. The number of fused-ring (bicyclic) bond motifs is 2. The maximum Gasteiger partial charge on any atom is 0.194 e. The largest absolute Gasteiger partial charge is 0.487 e. The number of nitrogens with zero attached hydrogens (tertiary/aromatic N) is 2. The lowest BCUT2D eigenvalue weighted by molar-refractivity contribution is -0.0415. The van der Waals surface area contributed by atoms with E-state index in [1.54, 1.807) is 11.9 Å². The second-order valence-electron chi connectivity index (χ2n) is 9.13. The van der Waals surface area contributed by atoms with E-state index in [0.29, 0.717) is 18.3 Å². The number of rotatable bonds is 1. The van der Waals surface area contributed by atoms with E-state index >= 15 is 0 Å². The number of hydrogen-bond acceptors (Lipinski definition) is 5. The van der Waals surface area contributed by atoms with Crippen molar-refractivity contribution in [2.45, 2.75) is 51.5 Å². The molecule has 0 aromatic heterocycles. The van der Waals surface area contributed by atoms with Gasteiger partial charge < -0.3 is 20.5 Å². The molecule has 0 amide bonds. The third-order valence-corrected chi connectivity index (χ3v) is 5.70. The second kappa shape index (κ2) is 7.07. The van der Waals surface area contributed by atoms with Crippen molar-refractivity contribution >= 4 is 5.96 Å². The van der Waals surface area contributed by atoms with E-state index in [-0.39, 0.29) is 0 Å². The summed E-state index contributed by atoms with van der Waals surface area (Å²) < 4.78 is 6.24. The topological polar surface area (TPSA) is 71.1 Å². The van der Waals surface area contributed by atoms with Crippen LogP contribution in [0.1, 0.15) is 45.2 Å². The fourth-order valence-corrected chi connectivity index (χ4v) is 4.34. The average Bonchev–Trinajstić information content (AvgIpc) is 2.89. The van der Waals surface area contributed by atoms with Gasteiger partial charge in [0.15, 0.2) is 12.2 Å². The zero-order valence-electron chi connectivity index (χ0n) is 18.2. The Balaban J connectivity index is 1.83. The van der Waals surface area contributed by atoms with Crippen molar-refractivity contribution in [1.82, 2.24) is 4.90 Å². The number of ether oxygens (including phenoxy) is 1. The summed E-state index contributed by atoms with van der Waals surface area (Å²) in [5.74, 6) is 7.84. The Morgan fingerprint density at radius 2 is 1.93 bits per heavy atom. The molecule has 5 heteroatoms. The highest BCUT2D eigenvalue weighted by Gasteiger charge is 2.55. The molecule has 2 aliphatic heterocycles.